The van der Waals surface area contributed by atoms with Gasteiger partial charge in [-0.2, -0.15) is 0 Å². The number of benzene rings is 2. The summed E-state index contributed by atoms with van der Waals surface area (Å²) in [5.41, 5.74) is 5.26. The molecule has 0 aliphatic rings. The molecule has 0 bridgehead atoms. The van der Waals surface area contributed by atoms with Crippen LogP contribution in [0.3, 0.4) is 0 Å². The summed E-state index contributed by atoms with van der Waals surface area (Å²) in [5, 5.41) is 3.33. The third kappa shape index (κ3) is 5.14. The van der Waals surface area contributed by atoms with Crippen molar-refractivity contribution in [3.05, 3.63) is 69.6 Å². The zero-order valence-electron chi connectivity index (χ0n) is 18.5. The Morgan fingerprint density at radius 2 is 1.74 bits per heavy atom. The van der Waals surface area contributed by atoms with E-state index in [0.717, 1.165) is 32.7 Å². The fraction of sp³-hybridized carbons (Fsp3) is 0.280. The zero-order chi connectivity index (χ0) is 22.5. The van der Waals surface area contributed by atoms with Crippen molar-refractivity contribution < 1.29 is 19.1 Å². The number of hydrogen-bond acceptors (Lipinski definition) is 5. The molecule has 0 radical (unpaired) electrons. The molecular weight excluding hydrogens is 410 g/mol. The summed E-state index contributed by atoms with van der Waals surface area (Å²) in [5.74, 6) is -0.0948. The number of ether oxygens (including phenoxy) is 2. The normalized spacial score (nSPS) is 10.6. The van der Waals surface area contributed by atoms with E-state index in [9.17, 15) is 9.59 Å². The molecule has 5 nitrogen and oxygen atoms in total. The van der Waals surface area contributed by atoms with Gasteiger partial charge < -0.3 is 14.8 Å². The lowest BCUT2D eigenvalue weighted by Gasteiger charge is -2.13. The van der Waals surface area contributed by atoms with Crippen LogP contribution in [0.4, 0.5) is 5.00 Å². The molecule has 0 saturated carbocycles. The summed E-state index contributed by atoms with van der Waals surface area (Å²) in [7, 11) is 0. The number of esters is 1. The smallest absolute Gasteiger partial charge is 0.341 e. The van der Waals surface area contributed by atoms with Crippen molar-refractivity contribution in [2.75, 3.05) is 18.5 Å². The highest BCUT2D eigenvalue weighted by molar-refractivity contribution is 7.17. The predicted molar refractivity (Wildman–Crippen MR) is 125 cm³/mol. The molecule has 162 valence electrons. The summed E-state index contributed by atoms with van der Waals surface area (Å²) in [4.78, 5) is 26.4. The molecule has 31 heavy (non-hydrogen) atoms. The Kier molecular flexibility index (Phi) is 7.13. The zero-order valence-corrected chi connectivity index (χ0v) is 19.3. The molecule has 1 amide bonds. The minimum Gasteiger partial charge on any atom is -0.483 e. The summed E-state index contributed by atoms with van der Waals surface area (Å²) in [6.07, 6.45) is 0. The predicted octanol–water partition coefficient (Wildman–Crippen LogP) is 5.84. The number of carbonyl (C=O) groups excluding carboxylic acids is 2. The molecule has 2 aromatic carbocycles. The number of amides is 1. The first-order valence-corrected chi connectivity index (χ1v) is 11.0. The van der Waals surface area contributed by atoms with Gasteiger partial charge in [0.05, 0.1) is 6.61 Å². The quantitative estimate of drug-likeness (QED) is 0.472. The first-order chi connectivity index (χ1) is 14.8. The SMILES string of the molecule is CCOC(=O)c1c(NC(=O)COc2cc(C)cc(C)c2C)sc(C)c1-c1ccccc1. The Bertz CT molecular complexity index is 1100. The third-order valence-corrected chi connectivity index (χ3v) is 6.02. The van der Waals surface area contributed by atoms with Gasteiger partial charge in [-0.25, -0.2) is 4.79 Å². The highest BCUT2D eigenvalue weighted by Gasteiger charge is 2.25. The molecule has 1 N–H and O–H groups in total. The van der Waals surface area contributed by atoms with E-state index >= 15 is 0 Å². The Balaban J connectivity index is 1.85. The molecule has 0 fully saturated rings. The van der Waals surface area contributed by atoms with Crippen molar-refractivity contribution in [1.82, 2.24) is 0 Å². The van der Waals surface area contributed by atoms with Crippen LogP contribution in [-0.2, 0) is 9.53 Å². The van der Waals surface area contributed by atoms with Crippen molar-refractivity contribution in [2.45, 2.75) is 34.6 Å². The van der Waals surface area contributed by atoms with Gasteiger partial charge in [-0.15, -0.1) is 11.3 Å². The minimum atomic E-state index is -0.452. The number of aryl methyl sites for hydroxylation is 3. The van der Waals surface area contributed by atoms with Crippen molar-refractivity contribution in [3.63, 3.8) is 0 Å². The van der Waals surface area contributed by atoms with Gasteiger partial charge in [0.15, 0.2) is 6.61 Å². The standard InChI is InChI=1S/C25H27NO4S/c1-6-29-25(28)23-22(19-10-8-7-9-11-19)18(5)31-24(23)26-21(27)14-30-20-13-15(2)12-16(3)17(20)4/h7-13H,6,14H2,1-5H3,(H,26,27). The van der Waals surface area contributed by atoms with Crippen LogP contribution in [0.15, 0.2) is 42.5 Å². The molecule has 0 aliphatic carbocycles. The van der Waals surface area contributed by atoms with Crippen molar-refractivity contribution in [3.8, 4) is 16.9 Å². The maximum absolute atomic E-state index is 12.8. The van der Waals surface area contributed by atoms with Gasteiger partial charge in [0.2, 0.25) is 0 Å². The van der Waals surface area contributed by atoms with Crippen LogP contribution in [-0.4, -0.2) is 25.1 Å². The second kappa shape index (κ2) is 9.79. The number of carbonyl (C=O) groups is 2. The number of nitrogens with one attached hydrogen (secondary N) is 1. The van der Waals surface area contributed by atoms with Crippen LogP contribution < -0.4 is 10.1 Å². The molecule has 0 aliphatic heterocycles. The first kappa shape index (κ1) is 22.6. The lowest BCUT2D eigenvalue weighted by atomic mass is 10.0. The molecule has 3 rings (SSSR count). The molecule has 6 heteroatoms. The summed E-state index contributed by atoms with van der Waals surface area (Å²) < 4.78 is 11.1. The highest BCUT2D eigenvalue weighted by atomic mass is 32.1. The van der Waals surface area contributed by atoms with Gasteiger partial charge >= 0.3 is 5.97 Å². The molecular formula is C25H27NO4S. The topological polar surface area (TPSA) is 64.6 Å². The maximum Gasteiger partial charge on any atom is 0.341 e. The Morgan fingerprint density at radius 1 is 1.03 bits per heavy atom. The first-order valence-electron chi connectivity index (χ1n) is 10.2. The van der Waals surface area contributed by atoms with Crippen LogP contribution >= 0.6 is 11.3 Å². The van der Waals surface area contributed by atoms with E-state index < -0.39 is 5.97 Å². The molecule has 0 spiro atoms. The number of anilines is 1. The Labute approximate surface area is 187 Å². The minimum absolute atomic E-state index is 0.149. The van der Waals surface area contributed by atoms with E-state index in [0.29, 0.717) is 16.3 Å². The van der Waals surface area contributed by atoms with Crippen molar-refractivity contribution >= 4 is 28.2 Å². The second-order valence-electron chi connectivity index (χ2n) is 7.37. The summed E-state index contributed by atoms with van der Waals surface area (Å²) in [6, 6.07) is 13.6. The monoisotopic (exact) mass is 437 g/mol. The third-order valence-electron chi connectivity index (χ3n) is 5.00. The van der Waals surface area contributed by atoms with Crippen LogP contribution in [0.2, 0.25) is 0 Å². The van der Waals surface area contributed by atoms with E-state index in [1.807, 2.05) is 64.1 Å². The number of rotatable bonds is 7. The van der Waals surface area contributed by atoms with Crippen LogP contribution in [0.1, 0.15) is 38.8 Å². The molecule has 1 aromatic heterocycles. The molecule has 3 aromatic rings. The van der Waals surface area contributed by atoms with Gasteiger partial charge in [0.1, 0.15) is 16.3 Å². The Hall–Kier alpha value is -3.12. The molecule has 0 atom stereocenters. The van der Waals surface area contributed by atoms with E-state index in [2.05, 4.69) is 11.4 Å². The largest absolute Gasteiger partial charge is 0.483 e. The fourth-order valence-electron chi connectivity index (χ4n) is 3.44. The average molecular weight is 438 g/mol. The van der Waals surface area contributed by atoms with Gasteiger partial charge in [0.25, 0.3) is 5.91 Å². The van der Waals surface area contributed by atoms with E-state index in [-0.39, 0.29) is 19.1 Å². The Morgan fingerprint density at radius 3 is 2.42 bits per heavy atom. The van der Waals surface area contributed by atoms with Crippen molar-refractivity contribution in [2.24, 2.45) is 0 Å². The number of hydrogen-bond donors (Lipinski definition) is 1. The van der Waals surface area contributed by atoms with Crippen LogP contribution in [0.25, 0.3) is 11.1 Å². The molecule has 0 saturated heterocycles. The van der Waals surface area contributed by atoms with E-state index in [1.54, 1.807) is 6.92 Å². The van der Waals surface area contributed by atoms with Crippen LogP contribution in [0.5, 0.6) is 5.75 Å². The van der Waals surface area contributed by atoms with E-state index in [4.69, 9.17) is 9.47 Å². The highest BCUT2D eigenvalue weighted by Crippen LogP contribution is 2.40. The van der Waals surface area contributed by atoms with Gasteiger partial charge in [-0.05, 0) is 62.9 Å². The average Bonchev–Trinajstić information content (AvgIpc) is 3.06. The fourth-order valence-corrected chi connectivity index (χ4v) is 4.52. The van der Waals surface area contributed by atoms with E-state index in [1.165, 1.54) is 11.3 Å². The van der Waals surface area contributed by atoms with Crippen molar-refractivity contribution in [1.29, 1.82) is 0 Å². The summed E-state index contributed by atoms with van der Waals surface area (Å²) in [6.45, 7) is 9.77. The lowest BCUT2D eigenvalue weighted by Crippen LogP contribution is -2.21. The number of thiophene rings is 1. The molecule has 0 unspecified atom stereocenters. The lowest BCUT2D eigenvalue weighted by molar-refractivity contribution is -0.118. The van der Waals surface area contributed by atoms with Crippen LogP contribution in [0, 0.1) is 27.7 Å². The summed E-state index contributed by atoms with van der Waals surface area (Å²) >= 11 is 1.36. The maximum atomic E-state index is 12.8. The second-order valence-corrected chi connectivity index (χ2v) is 8.59. The van der Waals surface area contributed by atoms with Gasteiger partial charge in [-0.3, -0.25) is 4.79 Å². The van der Waals surface area contributed by atoms with Gasteiger partial charge in [0, 0.05) is 10.4 Å². The molecule has 1 heterocycles. The van der Waals surface area contributed by atoms with Gasteiger partial charge in [-0.1, -0.05) is 36.4 Å².